The minimum Gasteiger partial charge on any atom is -0.332 e. The lowest BCUT2D eigenvalue weighted by molar-refractivity contribution is 0.0148. The fourth-order valence-electron chi connectivity index (χ4n) is 3.37. The predicted molar refractivity (Wildman–Crippen MR) is 78.7 cm³/mol. The van der Waals surface area contributed by atoms with Crippen LogP contribution in [0.25, 0.3) is 0 Å². The van der Waals surface area contributed by atoms with E-state index < -0.39 is 0 Å². The first-order chi connectivity index (χ1) is 10.2. The van der Waals surface area contributed by atoms with Crippen LogP contribution in [0.2, 0.25) is 0 Å². The van der Waals surface area contributed by atoms with Crippen molar-refractivity contribution in [1.29, 1.82) is 5.26 Å². The minimum absolute atomic E-state index is 0.0165. The molecule has 0 N–H and O–H groups in total. The first-order valence-electron chi connectivity index (χ1n) is 7.60. The number of piperidine rings is 1. The van der Waals surface area contributed by atoms with Crippen molar-refractivity contribution in [3.05, 3.63) is 29.6 Å². The van der Waals surface area contributed by atoms with Gasteiger partial charge in [-0.15, -0.1) is 0 Å². The van der Waals surface area contributed by atoms with Gasteiger partial charge in [-0.3, -0.25) is 9.69 Å². The van der Waals surface area contributed by atoms with E-state index in [0.29, 0.717) is 17.3 Å². The maximum atomic E-state index is 12.6. The highest BCUT2D eigenvalue weighted by atomic mass is 16.2. The number of rotatable bonds is 1. The summed E-state index contributed by atoms with van der Waals surface area (Å²) in [7, 11) is 0. The van der Waals surface area contributed by atoms with Gasteiger partial charge in [0.15, 0.2) is 0 Å². The number of amides is 1. The van der Waals surface area contributed by atoms with E-state index in [4.69, 9.17) is 5.26 Å². The predicted octanol–water partition coefficient (Wildman–Crippen LogP) is 1.65. The van der Waals surface area contributed by atoms with E-state index in [0.717, 1.165) is 19.6 Å². The molecule has 3 heterocycles. The van der Waals surface area contributed by atoms with Crippen LogP contribution < -0.4 is 0 Å². The lowest BCUT2D eigenvalue weighted by atomic mass is 9.97. The molecule has 2 fully saturated rings. The summed E-state index contributed by atoms with van der Waals surface area (Å²) in [6, 6.07) is 6.04. The lowest BCUT2D eigenvalue weighted by Gasteiger charge is -2.47. The third-order valence-corrected chi connectivity index (χ3v) is 4.56. The zero-order chi connectivity index (χ0) is 14.8. The van der Waals surface area contributed by atoms with Crippen molar-refractivity contribution in [3.8, 4) is 6.07 Å². The second-order valence-electron chi connectivity index (χ2n) is 5.99. The Balaban J connectivity index is 1.75. The summed E-state index contributed by atoms with van der Waals surface area (Å²) >= 11 is 0. The number of nitriles is 1. The molecule has 2 unspecified atom stereocenters. The van der Waals surface area contributed by atoms with Gasteiger partial charge in [0.1, 0.15) is 11.8 Å². The summed E-state index contributed by atoms with van der Waals surface area (Å²) in [5, 5.41) is 8.80. The molecule has 5 heteroatoms. The molecular weight excluding hydrogens is 264 g/mol. The molecule has 3 rings (SSSR count). The Morgan fingerprint density at radius 3 is 2.95 bits per heavy atom. The fraction of sp³-hybridized carbons (Fsp3) is 0.562. The number of aromatic nitrogens is 1. The molecule has 5 nitrogen and oxygen atoms in total. The van der Waals surface area contributed by atoms with Crippen molar-refractivity contribution >= 4 is 5.91 Å². The molecule has 21 heavy (non-hydrogen) atoms. The van der Waals surface area contributed by atoms with Gasteiger partial charge in [-0.05, 0) is 38.4 Å². The lowest BCUT2D eigenvalue weighted by Crippen LogP contribution is -2.60. The molecule has 0 saturated carbocycles. The van der Waals surface area contributed by atoms with E-state index in [1.165, 1.54) is 25.5 Å². The number of piperazine rings is 1. The van der Waals surface area contributed by atoms with Gasteiger partial charge in [-0.1, -0.05) is 6.42 Å². The fourth-order valence-corrected chi connectivity index (χ4v) is 3.37. The molecule has 1 amide bonds. The summed E-state index contributed by atoms with van der Waals surface area (Å²) < 4.78 is 0. The molecule has 2 aliphatic heterocycles. The molecule has 1 aromatic heterocycles. The first-order valence-corrected chi connectivity index (χ1v) is 7.60. The van der Waals surface area contributed by atoms with Crippen molar-refractivity contribution < 1.29 is 4.79 Å². The SMILES string of the molecule is CC1CN2CCCCC2CN1C(=O)c1ccc(C#N)cn1. The van der Waals surface area contributed by atoms with Crippen molar-refractivity contribution in [2.75, 3.05) is 19.6 Å². The summed E-state index contributed by atoms with van der Waals surface area (Å²) in [5.41, 5.74) is 0.918. The molecule has 0 aromatic carbocycles. The van der Waals surface area contributed by atoms with Gasteiger partial charge in [-0.25, -0.2) is 4.98 Å². The Morgan fingerprint density at radius 1 is 1.38 bits per heavy atom. The topological polar surface area (TPSA) is 60.2 Å². The van der Waals surface area contributed by atoms with Crippen LogP contribution >= 0.6 is 0 Å². The Labute approximate surface area is 125 Å². The smallest absolute Gasteiger partial charge is 0.272 e. The van der Waals surface area contributed by atoms with Gasteiger partial charge in [0, 0.05) is 31.4 Å². The second kappa shape index (κ2) is 5.82. The van der Waals surface area contributed by atoms with Gasteiger partial charge < -0.3 is 4.90 Å². The van der Waals surface area contributed by atoms with Crippen LogP contribution in [0.3, 0.4) is 0 Å². The number of carbonyl (C=O) groups is 1. The zero-order valence-corrected chi connectivity index (χ0v) is 12.3. The minimum atomic E-state index is -0.0165. The Bertz CT molecular complexity index is 563. The van der Waals surface area contributed by atoms with E-state index in [-0.39, 0.29) is 11.9 Å². The normalized spacial score (nSPS) is 26.0. The molecule has 2 saturated heterocycles. The molecule has 0 radical (unpaired) electrons. The monoisotopic (exact) mass is 284 g/mol. The van der Waals surface area contributed by atoms with E-state index in [2.05, 4.69) is 16.8 Å². The molecule has 0 bridgehead atoms. The average Bonchev–Trinajstić information content (AvgIpc) is 2.53. The van der Waals surface area contributed by atoms with Crippen molar-refractivity contribution in [1.82, 2.24) is 14.8 Å². The Morgan fingerprint density at radius 2 is 2.24 bits per heavy atom. The third-order valence-electron chi connectivity index (χ3n) is 4.56. The molecule has 1 aromatic rings. The number of hydrogen-bond donors (Lipinski definition) is 0. The molecule has 110 valence electrons. The summed E-state index contributed by atoms with van der Waals surface area (Å²) in [6.45, 7) is 5.01. The van der Waals surface area contributed by atoms with Crippen molar-refractivity contribution in [3.63, 3.8) is 0 Å². The van der Waals surface area contributed by atoms with Gasteiger partial charge >= 0.3 is 0 Å². The molecule has 0 spiro atoms. The number of carbonyl (C=O) groups excluding carboxylic acids is 1. The zero-order valence-electron chi connectivity index (χ0n) is 12.3. The summed E-state index contributed by atoms with van der Waals surface area (Å²) in [6.07, 6.45) is 5.17. The number of hydrogen-bond acceptors (Lipinski definition) is 4. The Kier molecular flexibility index (Phi) is 3.89. The van der Waals surface area contributed by atoms with E-state index in [1.807, 2.05) is 11.0 Å². The average molecular weight is 284 g/mol. The van der Waals surface area contributed by atoms with Crippen LogP contribution in [0.15, 0.2) is 18.3 Å². The number of nitrogens with zero attached hydrogens (tertiary/aromatic N) is 4. The maximum Gasteiger partial charge on any atom is 0.272 e. The van der Waals surface area contributed by atoms with Crippen molar-refractivity contribution in [2.24, 2.45) is 0 Å². The highest BCUT2D eigenvalue weighted by Crippen LogP contribution is 2.24. The van der Waals surface area contributed by atoms with E-state index >= 15 is 0 Å². The van der Waals surface area contributed by atoms with Gasteiger partial charge in [0.2, 0.25) is 0 Å². The highest BCUT2D eigenvalue weighted by molar-refractivity contribution is 5.92. The second-order valence-corrected chi connectivity index (χ2v) is 5.99. The standard InChI is InChI=1S/C16H20N4O/c1-12-10-19-7-3-2-4-14(19)11-20(12)16(21)15-6-5-13(8-17)9-18-15/h5-6,9,12,14H,2-4,7,10-11H2,1H3. The molecule has 0 aliphatic carbocycles. The van der Waals surface area contributed by atoms with E-state index in [1.54, 1.807) is 12.1 Å². The highest BCUT2D eigenvalue weighted by Gasteiger charge is 2.35. The molecule has 2 atom stereocenters. The van der Waals surface area contributed by atoms with Crippen molar-refractivity contribution in [2.45, 2.75) is 38.3 Å². The van der Waals surface area contributed by atoms with Crippen LogP contribution in [-0.4, -0.2) is 52.4 Å². The number of pyridine rings is 1. The van der Waals surface area contributed by atoms with Gasteiger partial charge in [0.05, 0.1) is 5.56 Å². The third kappa shape index (κ3) is 2.77. The maximum absolute atomic E-state index is 12.6. The quantitative estimate of drug-likeness (QED) is 0.787. The largest absolute Gasteiger partial charge is 0.332 e. The van der Waals surface area contributed by atoms with Crippen LogP contribution in [0.1, 0.15) is 42.2 Å². The summed E-state index contributed by atoms with van der Waals surface area (Å²) in [4.78, 5) is 21.2. The van der Waals surface area contributed by atoms with Crippen LogP contribution in [0, 0.1) is 11.3 Å². The van der Waals surface area contributed by atoms with E-state index in [9.17, 15) is 4.79 Å². The molecule has 2 aliphatic rings. The van der Waals surface area contributed by atoms with Gasteiger partial charge in [0.25, 0.3) is 5.91 Å². The van der Waals surface area contributed by atoms with Crippen LogP contribution in [0.5, 0.6) is 0 Å². The molecular formula is C16H20N4O. The van der Waals surface area contributed by atoms with Crippen LogP contribution in [-0.2, 0) is 0 Å². The van der Waals surface area contributed by atoms with Crippen LogP contribution in [0.4, 0.5) is 0 Å². The summed E-state index contributed by atoms with van der Waals surface area (Å²) in [5.74, 6) is -0.0165. The first kappa shape index (κ1) is 14.0. The Hall–Kier alpha value is -1.93. The van der Waals surface area contributed by atoms with Gasteiger partial charge in [-0.2, -0.15) is 5.26 Å². The number of fused-ring (bicyclic) bond motifs is 1.